The molecule has 0 saturated carbocycles. The number of fused-ring (bicyclic) bond motifs is 1. The molecule has 0 bridgehead atoms. The molecule has 1 aromatic carbocycles. The molecule has 4 heteroatoms. The summed E-state index contributed by atoms with van der Waals surface area (Å²) in [5.74, 6) is 0.813. The maximum atomic E-state index is 10.2. The lowest BCUT2D eigenvalue weighted by Crippen LogP contribution is -2.36. The predicted octanol–water partition coefficient (Wildman–Crippen LogP) is 1.41. The van der Waals surface area contributed by atoms with Gasteiger partial charge in [-0.25, -0.2) is 0 Å². The molecular weight excluding hydrogens is 240 g/mol. The second-order valence-electron chi connectivity index (χ2n) is 5.41. The molecule has 0 aromatic heterocycles. The zero-order valence-electron chi connectivity index (χ0n) is 11.8. The highest BCUT2D eigenvalue weighted by atomic mass is 16.5. The zero-order valence-corrected chi connectivity index (χ0v) is 11.8. The van der Waals surface area contributed by atoms with Gasteiger partial charge in [0.25, 0.3) is 0 Å². The summed E-state index contributed by atoms with van der Waals surface area (Å²) in [6, 6.07) is 7.96. The highest BCUT2D eigenvalue weighted by Crippen LogP contribution is 2.30. The van der Waals surface area contributed by atoms with Crippen molar-refractivity contribution in [3.05, 3.63) is 29.8 Å². The predicted molar refractivity (Wildman–Crippen MR) is 76.5 cm³/mol. The second kappa shape index (κ2) is 6.89. The van der Waals surface area contributed by atoms with Gasteiger partial charge in [-0.15, -0.1) is 0 Å². The Kier molecular flexibility index (Phi) is 5.19. The normalized spacial score (nSPS) is 22.7. The number of hydrogen-bond acceptors (Lipinski definition) is 4. The average Bonchev–Trinajstić information content (AvgIpc) is 2.55. The Bertz CT molecular complexity index is 395. The molecule has 0 fully saturated rings. The minimum atomic E-state index is -0.440. The van der Waals surface area contributed by atoms with Crippen LogP contribution in [-0.2, 0) is 0 Å². The molecule has 0 radical (unpaired) electrons. The van der Waals surface area contributed by atoms with Gasteiger partial charge in [-0.2, -0.15) is 0 Å². The van der Waals surface area contributed by atoms with Crippen LogP contribution in [0.4, 0.5) is 0 Å². The van der Waals surface area contributed by atoms with Gasteiger partial charge in [-0.1, -0.05) is 18.2 Å². The highest BCUT2D eigenvalue weighted by molar-refractivity contribution is 5.35. The number of hydrogen-bond donors (Lipinski definition) is 2. The van der Waals surface area contributed by atoms with Crippen LogP contribution in [0.15, 0.2) is 24.3 Å². The summed E-state index contributed by atoms with van der Waals surface area (Å²) in [6.07, 6.45) is 1.37. The quantitative estimate of drug-likeness (QED) is 0.789. The summed E-state index contributed by atoms with van der Waals surface area (Å²) in [4.78, 5) is 2.18. The number of nitrogens with one attached hydrogen (secondary N) is 1. The Hall–Kier alpha value is -1.10. The molecular formula is C15H24N2O2. The topological polar surface area (TPSA) is 44.7 Å². The van der Waals surface area contributed by atoms with Crippen LogP contribution < -0.4 is 10.1 Å². The Morgan fingerprint density at radius 2 is 2.16 bits per heavy atom. The summed E-state index contributed by atoms with van der Waals surface area (Å²) in [6.45, 7) is 2.65. The number of para-hydroxylation sites is 1. The van der Waals surface area contributed by atoms with E-state index < -0.39 is 6.10 Å². The van der Waals surface area contributed by atoms with Gasteiger partial charge in [0.15, 0.2) is 0 Å². The van der Waals surface area contributed by atoms with Crippen molar-refractivity contribution in [3.8, 4) is 5.75 Å². The maximum Gasteiger partial charge on any atom is 0.125 e. The van der Waals surface area contributed by atoms with E-state index >= 15 is 0 Å². The van der Waals surface area contributed by atoms with E-state index in [0.717, 1.165) is 30.8 Å². The molecule has 0 spiro atoms. The van der Waals surface area contributed by atoms with Crippen molar-refractivity contribution in [3.63, 3.8) is 0 Å². The maximum absolute atomic E-state index is 10.2. The molecule has 19 heavy (non-hydrogen) atoms. The van der Waals surface area contributed by atoms with E-state index in [2.05, 4.69) is 24.3 Å². The van der Waals surface area contributed by atoms with Gasteiger partial charge in [0.2, 0.25) is 0 Å². The fourth-order valence-electron chi connectivity index (χ4n) is 2.39. The molecule has 2 rings (SSSR count). The zero-order chi connectivity index (χ0) is 13.7. The first-order chi connectivity index (χ1) is 9.16. The summed E-state index contributed by atoms with van der Waals surface area (Å²) in [7, 11) is 4.16. The monoisotopic (exact) mass is 264 g/mol. The van der Waals surface area contributed by atoms with Gasteiger partial charge in [-0.05, 0) is 46.1 Å². The highest BCUT2D eigenvalue weighted by Gasteiger charge is 2.23. The van der Waals surface area contributed by atoms with Crippen LogP contribution in [0.25, 0.3) is 0 Å². The minimum Gasteiger partial charge on any atom is -0.492 e. The van der Waals surface area contributed by atoms with Crippen molar-refractivity contribution >= 4 is 0 Å². The molecule has 106 valence electrons. The van der Waals surface area contributed by atoms with Crippen molar-refractivity contribution in [1.82, 2.24) is 10.2 Å². The Morgan fingerprint density at radius 3 is 2.95 bits per heavy atom. The Labute approximate surface area is 115 Å². The average molecular weight is 264 g/mol. The van der Waals surface area contributed by atoms with E-state index in [9.17, 15) is 5.11 Å². The Morgan fingerprint density at radius 1 is 1.37 bits per heavy atom. The van der Waals surface area contributed by atoms with Crippen LogP contribution in [0.5, 0.6) is 5.75 Å². The van der Waals surface area contributed by atoms with Crippen molar-refractivity contribution in [1.29, 1.82) is 0 Å². The van der Waals surface area contributed by atoms with Crippen LogP contribution in [0.2, 0.25) is 0 Å². The third-order valence-electron chi connectivity index (χ3n) is 3.44. The number of ether oxygens (including phenoxy) is 1. The number of aliphatic hydroxyl groups is 1. The molecule has 1 aliphatic heterocycles. The lowest BCUT2D eigenvalue weighted by Gasteiger charge is -2.18. The fourth-order valence-corrected chi connectivity index (χ4v) is 2.39. The van der Waals surface area contributed by atoms with Crippen molar-refractivity contribution in [2.45, 2.75) is 25.0 Å². The molecule has 2 atom stereocenters. The molecule has 0 saturated heterocycles. The van der Waals surface area contributed by atoms with Crippen LogP contribution in [0.1, 0.15) is 24.5 Å². The SMILES string of the molecule is CN(C)CCCN[C@H]1COc2ccccc2[C@H](O)C1. The fraction of sp³-hybridized carbons (Fsp3) is 0.600. The van der Waals surface area contributed by atoms with E-state index in [4.69, 9.17) is 4.74 Å². The van der Waals surface area contributed by atoms with Crippen molar-refractivity contribution in [2.24, 2.45) is 0 Å². The number of aliphatic hydroxyl groups excluding tert-OH is 1. The second-order valence-corrected chi connectivity index (χ2v) is 5.41. The lowest BCUT2D eigenvalue weighted by molar-refractivity contribution is 0.151. The van der Waals surface area contributed by atoms with Crippen LogP contribution in [-0.4, -0.2) is 49.8 Å². The minimum absolute atomic E-state index is 0.213. The summed E-state index contributed by atoms with van der Waals surface area (Å²) >= 11 is 0. The van der Waals surface area contributed by atoms with Gasteiger partial charge in [0.05, 0.1) is 6.10 Å². The molecule has 1 heterocycles. The van der Waals surface area contributed by atoms with E-state index in [1.165, 1.54) is 0 Å². The Balaban J connectivity index is 1.84. The largest absolute Gasteiger partial charge is 0.492 e. The summed E-state index contributed by atoms with van der Waals surface area (Å²) < 4.78 is 5.78. The first kappa shape index (κ1) is 14.3. The smallest absolute Gasteiger partial charge is 0.125 e. The number of nitrogens with zero attached hydrogens (tertiary/aromatic N) is 1. The van der Waals surface area contributed by atoms with E-state index in [1.54, 1.807) is 0 Å². The van der Waals surface area contributed by atoms with E-state index in [0.29, 0.717) is 13.0 Å². The van der Waals surface area contributed by atoms with Crippen LogP contribution >= 0.6 is 0 Å². The molecule has 2 N–H and O–H groups in total. The van der Waals surface area contributed by atoms with Gasteiger partial charge in [0, 0.05) is 11.6 Å². The van der Waals surface area contributed by atoms with Crippen molar-refractivity contribution in [2.75, 3.05) is 33.8 Å². The van der Waals surface area contributed by atoms with Gasteiger partial charge in [0.1, 0.15) is 12.4 Å². The first-order valence-electron chi connectivity index (χ1n) is 6.94. The van der Waals surface area contributed by atoms with E-state index in [1.807, 2.05) is 24.3 Å². The molecule has 0 unspecified atom stereocenters. The van der Waals surface area contributed by atoms with Crippen molar-refractivity contribution < 1.29 is 9.84 Å². The molecule has 0 aliphatic carbocycles. The molecule has 4 nitrogen and oxygen atoms in total. The number of benzene rings is 1. The molecule has 1 aromatic rings. The first-order valence-corrected chi connectivity index (χ1v) is 6.94. The van der Waals surface area contributed by atoms with Crippen LogP contribution in [0, 0.1) is 0 Å². The molecule has 1 aliphatic rings. The van der Waals surface area contributed by atoms with Crippen LogP contribution in [0.3, 0.4) is 0 Å². The third-order valence-corrected chi connectivity index (χ3v) is 3.44. The van der Waals surface area contributed by atoms with Gasteiger partial charge < -0.3 is 20.1 Å². The van der Waals surface area contributed by atoms with Gasteiger partial charge in [-0.3, -0.25) is 0 Å². The lowest BCUT2D eigenvalue weighted by atomic mass is 10.0. The van der Waals surface area contributed by atoms with E-state index in [-0.39, 0.29) is 6.04 Å². The standard InChI is InChI=1S/C15H24N2O2/c1-17(2)9-5-8-16-12-10-14(18)13-6-3-4-7-15(13)19-11-12/h3-4,6-7,12,14,16,18H,5,8-11H2,1-2H3/t12-,14-/m1/s1. The summed E-state index contributed by atoms with van der Waals surface area (Å²) in [5.41, 5.74) is 0.903. The van der Waals surface area contributed by atoms with Gasteiger partial charge >= 0.3 is 0 Å². The molecule has 0 amide bonds. The third kappa shape index (κ3) is 4.20. The number of rotatable bonds is 5. The summed E-state index contributed by atoms with van der Waals surface area (Å²) in [5, 5.41) is 13.7.